The Morgan fingerprint density at radius 2 is 1.08 bits per heavy atom. The fourth-order valence-electron chi connectivity index (χ4n) is 0. The summed E-state index contributed by atoms with van der Waals surface area (Å²) in [5.41, 5.74) is 0. The summed E-state index contributed by atoms with van der Waals surface area (Å²) in [4.78, 5) is 33.9. The summed E-state index contributed by atoms with van der Waals surface area (Å²) in [6.45, 7) is 0. The maximum Gasteiger partial charge on any atom is 2.00 e. The first-order valence-electron chi connectivity index (χ1n) is 1.28. The van der Waals surface area contributed by atoms with Crippen LogP contribution in [0.25, 0.3) is 0 Å². The van der Waals surface area contributed by atoms with Crippen LogP contribution in [0.1, 0.15) is 0 Å². The predicted octanol–water partition coefficient (Wildman–Crippen LogP) is -6.82. The summed E-state index contributed by atoms with van der Waals surface area (Å²) in [5.74, 6) is 0. The number of nitrogens with zero attached hydrogens (tertiary/aromatic N) is 1. The van der Waals surface area contributed by atoms with Gasteiger partial charge in [-0.1, -0.05) is 0 Å². The van der Waals surface area contributed by atoms with Crippen molar-refractivity contribution in [3.8, 4) is 0 Å². The molecule has 0 bridgehead atoms. The minimum Gasteiger partial charge on any atom is -0.822 e. The third kappa shape index (κ3) is 210. The molecule has 0 aliphatic carbocycles. The molecule has 0 atom stereocenters. The molecule has 56 valence electrons. The third-order valence-corrected chi connectivity index (χ3v) is 0. The first-order valence-corrected chi connectivity index (χ1v) is 2.74. The molecule has 0 unspecified atom stereocenters. The number of hydrogen-bond donors (Lipinski definition) is 0. The second-order valence-corrected chi connectivity index (χ2v) is 1.57. The smallest absolute Gasteiger partial charge is 0.822 e. The van der Waals surface area contributed by atoms with Crippen LogP contribution in [0.2, 0.25) is 0 Å². The van der Waals surface area contributed by atoms with E-state index in [1.165, 1.54) is 0 Å². The third-order valence-electron chi connectivity index (χ3n) is 0. The molecule has 0 N–H and O–H groups in total. The van der Waals surface area contributed by atoms with Crippen molar-refractivity contribution in [2.45, 2.75) is 0 Å². The monoisotopic (exact) mass is 260 g/mol. The predicted molar refractivity (Wildman–Crippen MR) is 29.5 cm³/mol. The van der Waals surface area contributed by atoms with Gasteiger partial charge in [-0.3, -0.25) is 0 Å². The molecule has 8 nitrogen and oxygen atoms in total. The van der Waals surface area contributed by atoms with E-state index in [2.05, 4.69) is 0 Å². The Hall–Kier alpha value is 2.97. The molecule has 0 saturated heterocycles. The molecule has 12 heteroatoms. The van der Waals surface area contributed by atoms with Crippen LogP contribution in [-0.2, 0) is 4.57 Å². The molecule has 12 heavy (non-hydrogen) atoms. The minimum absolute atomic E-state index is 0. The van der Waals surface area contributed by atoms with Gasteiger partial charge in [0.25, 0.3) is 0 Å². The summed E-state index contributed by atoms with van der Waals surface area (Å²) in [6, 6.07) is 0. The van der Waals surface area contributed by atoms with E-state index in [0.29, 0.717) is 0 Å². The molecule has 0 aliphatic rings. The van der Waals surface area contributed by atoms with Crippen molar-refractivity contribution < 1.29 is 75.7 Å². The topological polar surface area (TPSA) is 152 Å². The average molecular weight is 260 g/mol. The minimum atomic E-state index is -5.39. The van der Waals surface area contributed by atoms with Crippen LogP contribution < -0.4 is 66.1 Å². The standard InChI is InChI=1S/Ca.K.Mg.NO3.H3O4P/c;;;2-1(3)4;1-5(2,3)4/h;;;;(H3,1,2,3,4)/q+2;+1;+2;-1;/p-3. The molecule has 0 rings (SSSR count). The van der Waals surface area contributed by atoms with Crippen LogP contribution in [0.15, 0.2) is 0 Å². The van der Waals surface area contributed by atoms with Crippen molar-refractivity contribution >= 4 is 68.6 Å². The Kier molecular flexibility index (Phi) is 40.2. The van der Waals surface area contributed by atoms with E-state index in [0.717, 1.165) is 0 Å². The zero-order valence-electron chi connectivity index (χ0n) is 6.17. The number of hydrogen-bond acceptors (Lipinski definition) is 7. The zero-order valence-corrected chi connectivity index (χ0v) is 13.8. The van der Waals surface area contributed by atoms with E-state index in [9.17, 15) is 0 Å². The van der Waals surface area contributed by atoms with Gasteiger partial charge < -0.3 is 34.6 Å². The average Bonchev–Trinajstić information content (AvgIpc) is 1.19. The van der Waals surface area contributed by atoms with Gasteiger partial charge in [0.2, 0.25) is 0 Å². The van der Waals surface area contributed by atoms with Crippen molar-refractivity contribution in [3.05, 3.63) is 15.3 Å². The molecule has 0 aliphatic heterocycles. The number of phosphoric acid groups is 1. The fourth-order valence-corrected chi connectivity index (χ4v) is 0. The fraction of sp³-hybridized carbons (Fsp3) is 0. The summed E-state index contributed by atoms with van der Waals surface area (Å²) < 4.78 is 8.55. The zero-order chi connectivity index (χ0) is 8.08. The van der Waals surface area contributed by atoms with E-state index in [-0.39, 0.29) is 112 Å². The van der Waals surface area contributed by atoms with Gasteiger partial charge in [-0.2, -0.15) is 7.82 Å². The van der Waals surface area contributed by atoms with Crippen LogP contribution in [0, 0.1) is 15.3 Å². The van der Waals surface area contributed by atoms with Crippen LogP contribution in [-0.4, -0.2) is 65.9 Å². The van der Waals surface area contributed by atoms with Gasteiger partial charge in [-0.15, -0.1) is 0 Å². The van der Waals surface area contributed by atoms with Gasteiger partial charge in [0.05, 0.1) is 5.09 Å². The van der Waals surface area contributed by atoms with Crippen molar-refractivity contribution in [2.24, 2.45) is 0 Å². The molecular weight excluding hydrogens is 260 g/mol. The first-order chi connectivity index (χ1) is 3.73. The van der Waals surface area contributed by atoms with Gasteiger partial charge in [-0.25, -0.2) is 0 Å². The summed E-state index contributed by atoms with van der Waals surface area (Å²) in [7, 11) is -5.39. The molecule has 0 aromatic rings. The van der Waals surface area contributed by atoms with Crippen molar-refractivity contribution in [1.29, 1.82) is 0 Å². The van der Waals surface area contributed by atoms with Gasteiger partial charge >= 0.3 is 112 Å². The van der Waals surface area contributed by atoms with Crippen molar-refractivity contribution in [2.75, 3.05) is 0 Å². The Morgan fingerprint density at radius 1 is 1.08 bits per heavy atom. The van der Waals surface area contributed by atoms with E-state index in [1.54, 1.807) is 0 Å². The molecule has 0 aromatic carbocycles. The van der Waals surface area contributed by atoms with Crippen LogP contribution in [0.3, 0.4) is 0 Å². The van der Waals surface area contributed by atoms with E-state index >= 15 is 0 Å². The van der Waals surface area contributed by atoms with E-state index in [4.69, 9.17) is 34.6 Å². The van der Waals surface area contributed by atoms with Crippen LogP contribution in [0.4, 0.5) is 0 Å². The quantitative estimate of drug-likeness (QED) is 0.181. The van der Waals surface area contributed by atoms with Gasteiger partial charge in [0.1, 0.15) is 0 Å². The van der Waals surface area contributed by atoms with E-state index < -0.39 is 12.9 Å². The summed E-state index contributed by atoms with van der Waals surface area (Å²) in [6.07, 6.45) is 0. The van der Waals surface area contributed by atoms with Crippen molar-refractivity contribution in [1.82, 2.24) is 0 Å². The van der Waals surface area contributed by atoms with Gasteiger partial charge in [-0.05, 0) is 0 Å². The molecule has 0 heterocycles. The maximum atomic E-state index is 8.55. The SMILES string of the molecule is O=P([O-])([O-])[O-].O=[N+]([O-])[O-].[Ca+2].[K+].[Mg+2]. The first kappa shape index (κ1) is 29.4. The molecule has 0 spiro atoms. The summed E-state index contributed by atoms with van der Waals surface area (Å²) >= 11 is 0. The Labute approximate surface area is 156 Å². The second-order valence-electron chi connectivity index (χ2n) is 0.671. The Balaban J connectivity index is -0.0000000221. The second kappa shape index (κ2) is 16.4. The Bertz CT molecular complexity index is 123. The van der Waals surface area contributed by atoms with Gasteiger partial charge in [0, 0.05) is 0 Å². The largest absolute Gasteiger partial charge is 2.00 e. The molecule has 0 fully saturated rings. The maximum absolute atomic E-state index is 8.55. The molecular formula is CaKMgNO7P+. The molecule has 0 radical (unpaired) electrons. The van der Waals surface area contributed by atoms with Gasteiger partial charge in [0.15, 0.2) is 0 Å². The van der Waals surface area contributed by atoms with Crippen molar-refractivity contribution in [3.63, 3.8) is 0 Å². The normalized spacial score (nSPS) is 6.92. The van der Waals surface area contributed by atoms with E-state index in [1.807, 2.05) is 0 Å². The number of rotatable bonds is 0. The Morgan fingerprint density at radius 3 is 1.08 bits per heavy atom. The van der Waals surface area contributed by atoms with Crippen LogP contribution >= 0.6 is 7.82 Å². The van der Waals surface area contributed by atoms with Crippen LogP contribution in [0.5, 0.6) is 0 Å². The molecule has 0 saturated carbocycles. The summed E-state index contributed by atoms with van der Waals surface area (Å²) in [5, 5.41) is 14.8. The molecule has 0 aromatic heterocycles. The molecule has 0 amide bonds.